The number of rotatable bonds is 5. The number of likely N-dealkylation sites (tertiary alicyclic amines) is 1. The molecule has 2 aromatic rings. The van der Waals surface area contributed by atoms with Gasteiger partial charge in [0.05, 0.1) is 6.54 Å². The fourth-order valence-electron chi connectivity index (χ4n) is 4.37. The molecule has 1 amide bonds. The molecule has 0 aromatic carbocycles. The number of aromatic nitrogens is 1. The van der Waals surface area contributed by atoms with Crippen molar-refractivity contribution >= 4 is 17.2 Å². The number of furan rings is 1. The van der Waals surface area contributed by atoms with Gasteiger partial charge in [-0.2, -0.15) is 0 Å². The second-order valence-electron chi connectivity index (χ2n) is 7.79. The van der Waals surface area contributed by atoms with Crippen molar-refractivity contribution in [1.82, 2.24) is 14.8 Å². The smallest absolute Gasteiger partial charge is 0.289 e. The molecule has 1 saturated carbocycles. The first-order chi connectivity index (χ1) is 12.5. The number of amides is 1. The van der Waals surface area contributed by atoms with Crippen LogP contribution in [0.3, 0.4) is 0 Å². The summed E-state index contributed by atoms with van der Waals surface area (Å²) in [4.78, 5) is 21.6. The lowest BCUT2D eigenvalue weighted by Gasteiger charge is -2.33. The molecule has 1 spiro atoms. The minimum Gasteiger partial charge on any atom is -0.456 e. The Hall–Kier alpha value is -1.66. The van der Waals surface area contributed by atoms with Gasteiger partial charge in [0, 0.05) is 42.7 Å². The van der Waals surface area contributed by atoms with Crippen LogP contribution in [-0.4, -0.2) is 46.9 Å². The highest BCUT2D eigenvalue weighted by Gasteiger charge is 2.57. The van der Waals surface area contributed by atoms with Gasteiger partial charge in [-0.25, -0.2) is 4.98 Å². The van der Waals surface area contributed by atoms with Crippen LogP contribution < -0.4 is 0 Å². The van der Waals surface area contributed by atoms with E-state index in [4.69, 9.17) is 4.42 Å². The molecule has 1 aliphatic carbocycles. The number of carbonyl (C=O) groups excluding carboxylic acids is 1. The molecule has 0 bridgehead atoms. The minimum absolute atomic E-state index is 0.0605. The Kier molecular flexibility index (Phi) is 4.65. The van der Waals surface area contributed by atoms with Gasteiger partial charge in [-0.1, -0.05) is 6.92 Å². The van der Waals surface area contributed by atoms with Gasteiger partial charge >= 0.3 is 0 Å². The monoisotopic (exact) mass is 373 g/mol. The number of hydrogen-bond acceptors (Lipinski definition) is 5. The van der Waals surface area contributed by atoms with Gasteiger partial charge in [-0.05, 0) is 44.7 Å². The molecule has 1 aliphatic heterocycles. The first-order valence-electron chi connectivity index (χ1n) is 9.49. The van der Waals surface area contributed by atoms with E-state index in [1.807, 2.05) is 36.4 Å². The van der Waals surface area contributed by atoms with Crippen LogP contribution in [0.5, 0.6) is 0 Å². The molecule has 5 nitrogen and oxygen atoms in total. The van der Waals surface area contributed by atoms with E-state index in [1.54, 1.807) is 11.3 Å². The fraction of sp³-hybridized carbons (Fsp3) is 0.600. The molecule has 0 N–H and O–H groups in total. The average molecular weight is 374 g/mol. The number of carbonyl (C=O) groups is 1. The standard InChI is InChI=1S/C20H27N3O2S/c1-4-15-11-14(2)18(25-15)19(24)23-8-5-20(6-9-23)12-16(20)22(3)13-17-21-7-10-26-17/h7,10-11,16H,4-6,8-9,12-13H2,1-3H3/t16-/m0/s1. The highest BCUT2D eigenvalue weighted by Crippen LogP contribution is 2.56. The second kappa shape index (κ2) is 6.82. The SMILES string of the molecule is CCc1cc(C)c(C(=O)N2CCC3(CC2)C[C@@H]3N(C)Cc2nccs2)o1. The van der Waals surface area contributed by atoms with Crippen LogP contribution in [0.25, 0.3) is 0 Å². The lowest BCUT2D eigenvalue weighted by Crippen LogP contribution is -2.41. The summed E-state index contributed by atoms with van der Waals surface area (Å²) in [6.07, 6.45) is 6.13. The maximum absolute atomic E-state index is 12.8. The molecule has 2 fully saturated rings. The summed E-state index contributed by atoms with van der Waals surface area (Å²) in [7, 11) is 2.21. The van der Waals surface area contributed by atoms with Crippen LogP contribution >= 0.6 is 11.3 Å². The van der Waals surface area contributed by atoms with E-state index in [9.17, 15) is 4.79 Å². The molecule has 4 rings (SSSR count). The van der Waals surface area contributed by atoms with Crippen molar-refractivity contribution in [1.29, 1.82) is 0 Å². The topological polar surface area (TPSA) is 49.6 Å². The van der Waals surface area contributed by atoms with Gasteiger partial charge in [-0.15, -0.1) is 11.3 Å². The predicted octanol–water partition coefficient (Wildman–Crippen LogP) is 3.73. The van der Waals surface area contributed by atoms with Crippen LogP contribution in [-0.2, 0) is 13.0 Å². The second-order valence-corrected chi connectivity index (χ2v) is 8.77. The van der Waals surface area contributed by atoms with Gasteiger partial charge < -0.3 is 9.32 Å². The van der Waals surface area contributed by atoms with Gasteiger partial charge in [-0.3, -0.25) is 9.69 Å². The van der Waals surface area contributed by atoms with E-state index in [-0.39, 0.29) is 5.91 Å². The normalized spacial score (nSPS) is 21.5. The van der Waals surface area contributed by atoms with Gasteiger partial charge in [0.2, 0.25) is 0 Å². The predicted molar refractivity (Wildman–Crippen MR) is 102 cm³/mol. The molecule has 6 heteroatoms. The third-order valence-electron chi connectivity index (χ3n) is 6.10. The molecule has 2 aromatic heterocycles. The van der Waals surface area contributed by atoms with Gasteiger partial charge in [0.1, 0.15) is 10.8 Å². The lowest BCUT2D eigenvalue weighted by molar-refractivity contribution is 0.0623. The average Bonchev–Trinajstić information content (AvgIpc) is 2.99. The quantitative estimate of drug-likeness (QED) is 0.801. The summed E-state index contributed by atoms with van der Waals surface area (Å²) < 4.78 is 5.76. The zero-order valence-electron chi connectivity index (χ0n) is 15.8. The summed E-state index contributed by atoms with van der Waals surface area (Å²) in [5.74, 6) is 1.49. The highest BCUT2D eigenvalue weighted by molar-refractivity contribution is 7.09. The van der Waals surface area contributed by atoms with Crippen LogP contribution in [0.2, 0.25) is 0 Å². The minimum atomic E-state index is 0.0605. The molecule has 140 valence electrons. The Balaban J connectivity index is 1.34. The Morgan fingerprint density at radius 3 is 2.85 bits per heavy atom. The van der Waals surface area contributed by atoms with Crippen LogP contribution in [0, 0.1) is 12.3 Å². The number of hydrogen-bond donors (Lipinski definition) is 0. The molecule has 3 heterocycles. The van der Waals surface area contributed by atoms with Crippen LogP contribution in [0.4, 0.5) is 0 Å². The third kappa shape index (κ3) is 3.21. The largest absolute Gasteiger partial charge is 0.456 e. The number of piperidine rings is 1. The van der Waals surface area contributed by atoms with E-state index in [0.29, 0.717) is 17.2 Å². The highest BCUT2D eigenvalue weighted by atomic mass is 32.1. The van der Waals surface area contributed by atoms with E-state index in [0.717, 1.165) is 50.2 Å². The lowest BCUT2D eigenvalue weighted by atomic mass is 9.92. The van der Waals surface area contributed by atoms with Crippen molar-refractivity contribution < 1.29 is 9.21 Å². The van der Waals surface area contributed by atoms with E-state index in [2.05, 4.69) is 16.9 Å². The number of aryl methyl sites for hydroxylation is 2. The van der Waals surface area contributed by atoms with E-state index < -0.39 is 0 Å². The molecular formula is C20H27N3O2S. The molecule has 1 atom stereocenters. The first-order valence-corrected chi connectivity index (χ1v) is 10.4. The maximum atomic E-state index is 12.8. The molecule has 0 unspecified atom stereocenters. The Labute approximate surface area is 159 Å². The maximum Gasteiger partial charge on any atom is 0.289 e. The number of nitrogens with zero attached hydrogens (tertiary/aromatic N) is 3. The molecule has 1 saturated heterocycles. The zero-order chi connectivity index (χ0) is 18.3. The van der Waals surface area contributed by atoms with Crippen molar-refractivity contribution in [2.75, 3.05) is 20.1 Å². The third-order valence-corrected chi connectivity index (χ3v) is 6.87. The van der Waals surface area contributed by atoms with Crippen molar-refractivity contribution in [2.24, 2.45) is 5.41 Å². The summed E-state index contributed by atoms with van der Waals surface area (Å²) >= 11 is 1.72. The van der Waals surface area contributed by atoms with E-state index in [1.165, 1.54) is 11.4 Å². The first kappa shape index (κ1) is 17.7. The molecule has 0 radical (unpaired) electrons. The van der Waals surface area contributed by atoms with Crippen molar-refractivity contribution in [3.8, 4) is 0 Å². The molecular weight excluding hydrogens is 346 g/mol. The Morgan fingerprint density at radius 1 is 1.46 bits per heavy atom. The Bertz CT molecular complexity index is 775. The van der Waals surface area contributed by atoms with Crippen molar-refractivity contribution in [3.63, 3.8) is 0 Å². The van der Waals surface area contributed by atoms with Gasteiger partial charge in [0.25, 0.3) is 5.91 Å². The fourth-order valence-corrected chi connectivity index (χ4v) is 5.05. The summed E-state index contributed by atoms with van der Waals surface area (Å²) in [6.45, 7) is 6.61. The van der Waals surface area contributed by atoms with Crippen molar-refractivity contribution in [3.05, 3.63) is 39.7 Å². The number of thiazole rings is 1. The Morgan fingerprint density at radius 2 is 2.23 bits per heavy atom. The summed E-state index contributed by atoms with van der Waals surface area (Å²) in [5, 5.41) is 3.22. The van der Waals surface area contributed by atoms with Crippen LogP contribution in [0.15, 0.2) is 22.1 Å². The molecule has 2 aliphatic rings. The van der Waals surface area contributed by atoms with Gasteiger partial charge in [0.15, 0.2) is 5.76 Å². The summed E-state index contributed by atoms with van der Waals surface area (Å²) in [6, 6.07) is 2.61. The van der Waals surface area contributed by atoms with Crippen LogP contribution in [0.1, 0.15) is 53.1 Å². The van der Waals surface area contributed by atoms with E-state index >= 15 is 0 Å². The van der Waals surface area contributed by atoms with Crippen molar-refractivity contribution in [2.45, 2.75) is 52.1 Å². The summed E-state index contributed by atoms with van der Waals surface area (Å²) in [5.41, 5.74) is 1.36. The zero-order valence-corrected chi connectivity index (χ0v) is 16.6. The molecule has 26 heavy (non-hydrogen) atoms.